The number of urea groups is 3. The molecule has 0 spiro atoms. The fourth-order valence-electron chi connectivity index (χ4n) is 10.9. The van der Waals surface area contributed by atoms with E-state index < -0.39 is 150 Å². The lowest BCUT2D eigenvalue weighted by molar-refractivity contribution is -0.114. The maximum absolute atomic E-state index is 15.2. The molecule has 0 bridgehead atoms. The molecular weight excluding hydrogens is 1600 g/mol. The molecule has 6 heterocycles. The normalized spacial score (nSPS) is 12.5. The number of ether oxygens (including phenoxy) is 6. The lowest BCUT2D eigenvalue weighted by Gasteiger charge is -2.36. The molecule has 28 nitrogen and oxygen atoms in total. The summed E-state index contributed by atoms with van der Waals surface area (Å²) < 4.78 is 200. The van der Waals surface area contributed by atoms with Gasteiger partial charge in [0, 0.05) is 65.6 Å². The predicted molar refractivity (Wildman–Crippen MR) is 410 cm³/mol. The van der Waals surface area contributed by atoms with Crippen molar-refractivity contribution in [2.45, 2.75) is 52.8 Å². The van der Waals surface area contributed by atoms with Crippen LogP contribution in [0.3, 0.4) is 0 Å². The van der Waals surface area contributed by atoms with Crippen LogP contribution in [-0.4, -0.2) is 141 Å². The van der Waals surface area contributed by atoms with Gasteiger partial charge < -0.3 is 56.3 Å². The summed E-state index contributed by atoms with van der Waals surface area (Å²) in [7, 11) is 6.88. The second-order valence-electron chi connectivity index (χ2n) is 23.4. The van der Waals surface area contributed by atoms with Crippen molar-refractivity contribution in [2.75, 3.05) is 120 Å². The molecule has 9 aromatic rings. The molecule has 0 atom stereocenters. The topological polar surface area (TPSA) is 340 Å². The quantitative estimate of drug-likeness (QED) is 0.0131. The number of nitrogens with two attached hydrogens (primary N) is 3. The van der Waals surface area contributed by atoms with Crippen molar-refractivity contribution in [2.24, 2.45) is 0 Å². The van der Waals surface area contributed by atoms with Gasteiger partial charge in [-0.25, -0.2) is 82.0 Å². The Bertz CT molecular complexity index is 5010. The predicted octanol–water partition coefficient (Wildman–Crippen LogP) is 15.4. The van der Waals surface area contributed by atoms with Crippen molar-refractivity contribution in [3.8, 4) is 34.5 Å². The second-order valence-corrected chi connectivity index (χ2v) is 24.1. The standard InChI is InChI=1S/C26H23F4N5O4.C22H20F4N6O3.C16H13ClF4N4O3.C6H8N2.C3H3ClO.CH4/c1-4-16(36)9-14-7-5-6-8-17(14)32-25-31-11-15-12-34(26(37)35(13-20(27)28)24(15)33-25)23-21(29)18(38-2)10-19(39-3)22(23)30;1-34-14-7-15(35-2)18(26)19(17(14)25)31-9-11-8-28-21(29-13-6-4-3-5-12(13)27)30-20(11)32(22(31)33)10-16(23)24;1-27-8-3-9(28-2)12(21)13(11(8)20)24-5-7-4-22-15(17)23-14(7)25(16(24)26)6-10(18)19;7-5-3-1-2-4-6(5)8;1-2-3(4)5;/h4-8,10-11,20H,1,9,12-13H2,2-3H3,(H,31,32,33);3-8,16H,9-10,27H2,1-2H3,(H,28,29,30);3-4,10H,5-6H2,1-2H3;1-4H,7-8H2;2H,1H2;1H4. The van der Waals surface area contributed by atoms with Crippen molar-refractivity contribution in [3.63, 3.8) is 0 Å². The van der Waals surface area contributed by atoms with Gasteiger partial charge in [-0.1, -0.05) is 63.0 Å². The minimum absolute atomic E-state index is 0. The van der Waals surface area contributed by atoms with Crippen LogP contribution in [0.1, 0.15) is 29.7 Å². The lowest BCUT2D eigenvalue weighted by atomic mass is 10.1. The van der Waals surface area contributed by atoms with Gasteiger partial charge in [-0.3, -0.25) is 39.0 Å². The first-order valence-corrected chi connectivity index (χ1v) is 33.7. The third kappa shape index (κ3) is 20.9. The summed E-state index contributed by atoms with van der Waals surface area (Å²) in [6, 6.07) is 20.3. The van der Waals surface area contributed by atoms with Crippen molar-refractivity contribution < 1.29 is 105 Å². The molecule has 3 aromatic heterocycles. The third-order valence-corrected chi connectivity index (χ3v) is 16.6. The number of rotatable bonds is 23. The zero-order valence-corrected chi connectivity index (χ0v) is 62.5. The zero-order chi connectivity index (χ0) is 84.4. The Morgan fingerprint density at radius 3 is 1.07 bits per heavy atom. The molecule has 42 heteroatoms. The van der Waals surface area contributed by atoms with Gasteiger partial charge in [-0.2, -0.15) is 15.0 Å². The van der Waals surface area contributed by atoms with Crippen LogP contribution in [0.4, 0.5) is 142 Å². The molecule has 12 rings (SSSR count). The average molecular weight is 1670 g/mol. The first-order valence-electron chi connectivity index (χ1n) is 33.0. The maximum atomic E-state index is 15.2. The highest BCUT2D eigenvalue weighted by molar-refractivity contribution is 6.66. The van der Waals surface area contributed by atoms with Crippen molar-refractivity contribution in [1.29, 1.82) is 0 Å². The Morgan fingerprint density at radius 2 is 0.767 bits per heavy atom. The summed E-state index contributed by atoms with van der Waals surface area (Å²) in [6.07, 6.45) is -2.88. The van der Waals surface area contributed by atoms with Crippen LogP contribution in [0.15, 0.2) is 135 Å². The Balaban J connectivity index is 0.000000224. The number of nitrogens with zero attached hydrogens (tertiary/aromatic N) is 12. The molecule has 0 saturated carbocycles. The SMILES string of the molecule is C.C=CC(=O)Cc1ccccc1Nc1ncc2c(n1)N(CC(F)F)C(=O)N(c1c(F)c(OC)cc(OC)c1F)C2.C=CC(=O)Cl.COc1cc(OC)c(F)c(N2Cc3cnc(Cl)nc3N(CC(F)F)C2=O)c1F.COc1cc(OC)c(F)c(N2Cc3cnc(Nc4ccccc4N)nc3N(CC(F)F)C2=O)c1F.Nc1ccccc1N. The highest BCUT2D eigenvalue weighted by Crippen LogP contribution is 2.45. The third-order valence-electron chi connectivity index (χ3n) is 16.3. The molecule has 0 fully saturated rings. The first-order chi connectivity index (χ1) is 54.8. The number of fused-ring (bicyclic) bond motifs is 3. The number of methoxy groups -OCH3 is 6. The molecule has 0 aliphatic carbocycles. The number of halogens is 14. The highest BCUT2D eigenvalue weighted by Gasteiger charge is 2.43. The molecule has 8 N–H and O–H groups in total. The maximum Gasteiger partial charge on any atom is 0.330 e. The number of nitrogens with one attached hydrogen (secondary N) is 2. The van der Waals surface area contributed by atoms with E-state index in [-0.39, 0.29) is 89.0 Å². The number of benzene rings is 6. The fraction of sp³-hybridized carbons (Fsp3) is 0.230. The lowest BCUT2D eigenvalue weighted by Crippen LogP contribution is -2.50. The van der Waals surface area contributed by atoms with E-state index in [2.05, 4.69) is 53.7 Å². The summed E-state index contributed by atoms with van der Waals surface area (Å²) in [5.74, 6) is -10.3. The monoisotopic (exact) mass is 1670 g/mol. The van der Waals surface area contributed by atoms with Crippen LogP contribution in [0.2, 0.25) is 5.28 Å². The number of nitrogen functional groups attached to an aromatic ring is 3. The zero-order valence-electron chi connectivity index (χ0n) is 61.0. The number of ketones is 1. The van der Waals surface area contributed by atoms with Gasteiger partial charge in [0.2, 0.25) is 22.4 Å². The Labute approximate surface area is 663 Å². The molecule has 6 aromatic carbocycles. The van der Waals surface area contributed by atoms with Crippen LogP contribution in [-0.2, 0) is 35.6 Å². The fourth-order valence-corrected chi connectivity index (χ4v) is 11.1. The molecule has 6 amide bonds. The van der Waals surface area contributed by atoms with Crippen LogP contribution in [0.5, 0.6) is 34.5 Å². The van der Waals surface area contributed by atoms with Crippen molar-refractivity contribution >= 4 is 127 Å². The van der Waals surface area contributed by atoms with Crippen LogP contribution in [0, 0.1) is 34.9 Å². The summed E-state index contributed by atoms with van der Waals surface area (Å²) in [6.45, 7) is 2.10. The number of aromatic nitrogens is 6. The van der Waals surface area contributed by atoms with Crippen LogP contribution >= 0.6 is 23.2 Å². The summed E-state index contributed by atoms with van der Waals surface area (Å²) in [5.41, 5.74) is 18.0. The van der Waals surface area contributed by atoms with Gasteiger partial charge in [-0.15, -0.1) is 0 Å². The first kappa shape index (κ1) is 89.9. The number of carbonyl (C=O) groups is 5. The Kier molecular flexibility index (Phi) is 31.4. The molecule has 616 valence electrons. The van der Waals surface area contributed by atoms with Gasteiger partial charge in [-0.05, 0) is 71.2 Å². The molecule has 3 aliphatic heterocycles. The smallest absolute Gasteiger partial charge is 0.330 e. The molecule has 0 saturated heterocycles. The largest absolute Gasteiger partial charge is 0.493 e. The van der Waals surface area contributed by atoms with Gasteiger partial charge in [0.15, 0.2) is 75.2 Å². The van der Waals surface area contributed by atoms with E-state index in [1.807, 2.05) is 12.1 Å². The van der Waals surface area contributed by atoms with E-state index in [1.165, 1.54) is 24.7 Å². The van der Waals surface area contributed by atoms with Crippen LogP contribution in [0.25, 0.3) is 0 Å². The number of alkyl halides is 6. The van der Waals surface area contributed by atoms with Gasteiger partial charge >= 0.3 is 18.1 Å². The van der Waals surface area contributed by atoms with Crippen molar-refractivity contribution in [3.05, 3.63) is 197 Å². The van der Waals surface area contributed by atoms with E-state index in [0.717, 1.165) is 66.9 Å². The second kappa shape index (κ2) is 40.5. The van der Waals surface area contributed by atoms with Gasteiger partial charge in [0.05, 0.1) is 105 Å². The molecule has 116 heavy (non-hydrogen) atoms. The Morgan fingerprint density at radius 1 is 0.474 bits per heavy atom. The summed E-state index contributed by atoms with van der Waals surface area (Å²) >= 11 is 10.4. The van der Waals surface area contributed by atoms with E-state index in [4.69, 9.17) is 68.8 Å². The number of allylic oxidation sites excluding steroid dienone is 2. The molecule has 3 aliphatic rings. The summed E-state index contributed by atoms with van der Waals surface area (Å²) in [5, 5.41) is 5.02. The average Bonchev–Trinajstić information content (AvgIpc) is 0.762. The van der Waals surface area contributed by atoms with Crippen LogP contribution < -0.4 is 85.7 Å². The van der Waals surface area contributed by atoms with E-state index in [1.54, 1.807) is 60.7 Å². The van der Waals surface area contributed by atoms with E-state index >= 15 is 17.6 Å². The van der Waals surface area contributed by atoms with Gasteiger partial charge in [0.25, 0.3) is 19.3 Å². The minimum atomic E-state index is -2.99. The number of hydrogen-bond donors (Lipinski definition) is 5. The minimum Gasteiger partial charge on any atom is -0.493 e. The molecule has 0 radical (unpaired) electrons. The van der Waals surface area contributed by atoms with Crippen molar-refractivity contribution in [1.82, 2.24) is 29.9 Å². The molecular formula is C74H71Cl2F12N17O11. The number of para-hydroxylation sites is 5. The van der Waals surface area contributed by atoms with E-state index in [9.17, 15) is 59.1 Å². The Hall–Kier alpha value is -13.3. The highest BCUT2D eigenvalue weighted by atomic mass is 35.5. The number of amides is 6. The van der Waals surface area contributed by atoms with Gasteiger partial charge in [0.1, 0.15) is 34.5 Å². The molecule has 0 unspecified atom stereocenters. The van der Waals surface area contributed by atoms with E-state index in [0.29, 0.717) is 63.4 Å². The number of carbonyl (C=O) groups excluding carboxylic acids is 5. The summed E-state index contributed by atoms with van der Waals surface area (Å²) in [4.78, 5) is 89.0. The number of hydrogen-bond acceptors (Lipinski definition) is 22. The number of anilines is 13.